The van der Waals surface area contributed by atoms with Gasteiger partial charge < -0.3 is 10.2 Å². The topological polar surface area (TPSA) is 45.2 Å². The van der Waals surface area contributed by atoms with Crippen LogP contribution in [0.2, 0.25) is 0 Å². The standard InChI is InChI=1S/C28H33N3O/c1-22(23-10-4-3-5-11-23)20-31-17-9-15-28(21-31,27(32)29-2)18-24-12-6-7-14-26(24)25-13-8-16-30-19-25/h3-8,10-14,16,19,22H,9,15,17-18,20-21H2,1-2H3,(H,29,32)/t22-,28-/m0/s1. The van der Waals surface area contributed by atoms with E-state index in [4.69, 9.17) is 0 Å². The molecule has 0 saturated carbocycles. The van der Waals surface area contributed by atoms with Gasteiger partial charge in [-0.3, -0.25) is 9.78 Å². The molecule has 1 aromatic heterocycles. The van der Waals surface area contributed by atoms with Crippen molar-refractivity contribution < 1.29 is 4.79 Å². The second-order valence-electron chi connectivity index (χ2n) is 9.09. The van der Waals surface area contributed by atoms with Gasteiger partial charge in [-0.1, -0.05) is 67.6 Å². The van der Waals surface area contributed by atoms with E-state index >= 15 is 0 Å². The van der Waals surface area contributed by atoms with E-state index < -0.39 is 5.41 Å². The average Bonchev–Trinajstić information content (AvgIpc) is 2.85. The third-order valence-corrected chi connectivity index (χ3v) is 6.78. The smallest absolute Gasteiger partial charge is 0.227 e. The molecule has 1 aliphatic rings. The van der Waals surface area contributed by atoms with E-state index in [0.29, 0.717) is 5.92 Å². The summed E-state index contributed by atoms with van der Waals surface area (Å²) in [5.74, 6) is 0.579. The first-order valence-corrected chi connectivity index (χ1v) is 11.6. The normalized spacial score (nSPS) is 19.9. The summed E-state index contributed by atoms with van der Waals surface area (Å²) in [6.45, 7) is 5.07. The highest BCUT2D eigenvalue weighted by molar-refractivity contribution is 5.83. The Morgan fingerprint density at radius 2 is 1.88 bits per heavy atom. The maximum Gasteiger partial charge on any atom is 0.227 e. The van der Waals surface area contributed by atoms with E-state index in [1.54, 1.807) is 13.2 Å². The summed E-state index contributed by atoms with van der Waals surface area (Å²) in [7, 11) is 1.77. The van der Waals surface area contributed by atoms with Crippen LogP contribution in [-0.2, 0) is 11.2 Å². The number of carbonyl (C=O) groups is 1. The fraction of sp³-hybridized carbons (Fsp3) is 0.357. The van der Waals surface area contributed by atoms with E-state index in [-0.39, 0.29) is 5.91 Å². The molecule has 1 saturated heterocycles. The molecule has 4 heteroatoms. The summed E-state index contributed by atoms with van der Waals surface area (Å²) in [6.07, 6.45) is 6.37. The van der Waals surface area contributed by atoms with Crippen molar-refractivity contribution in [2.24, 2.45) is 5.41 Å². The van der Waals surface area contributed by atoms with Crippen molar-refractivity contribution in [1.29, 1.82) is 0 Å². The van der Waals surface area contributed by atoms with Gasteiger partial charge in [-0.25, -0.2) is 0 Å². The number of piperidine rings is 1. The summed E-state index contributed by atoms with van der Waals surface area (Å²) in [5, 5.41) is 2.98. The molecule has 0 bridgehead atoms. The second kappa shape index (κ2) is 10.1. The number of nitrogens with one attached hydrogen (secondary N) is 1. The van der Waals surface area contributed by atoms with Crippen molar-refractivity contribution in [2.45, 2.75) is 32.1 Å². The molecular weight excluding hydrogens is 394 g/mol. The number of pyridine rings is 1. The van der Waals surface area contributed by atoms with Crippen LogP contribution < -0.4 is 5.32 Å². The summed E-state index contributed by atoms with van der Waals surface area (Å²) >= 11 is 0. The summed E-state index contributed by atoms with van der Waals surface area (Å²) in [5.41, 5.74) is 4.40. The number of likely N-dealkylation sites (tertiary alicyclic amines) is 1. The quantitative estimate of drug-likeness (QED) is 0.582. The van der Waals surface area contributed by atoms with Crippen molar-refractivity contribution in [2.75, 3.05) is 26.7 Å². The van der Waals surface area contributed by atoms with Crippen molar-refractivity contribution >= 4 is 5.91 Å². The Bertz CT molecular complexity index is 1020. The number of amides is 1. The maximum atomic E-state index is 13.3. The third kappa shape index (κ3) is 4.91. The van der Waals surface area contributed by atoms with Crippen molar-refractivity contribution in [3.8, 4) is 11.1 Å². The van der Waals surface area contributed by atoms with Gasteiger partial charge >= 0.3 is 0 Å². The van der Waals surface area contributed by atoms with Gasteiger partial charge in [-0.2, -0.15) is 0 Å². The van der Waals surface area contributed by atoms with Gasteiger partial charge in [-0.15, -0.1) is 0 Å². The van der Waals surface area contributed by atoms with Crippen LogP contribution in [-0.4, -0.2) is 42.5 Å². The van der Waals surface area contributed by atoms with Gasteiger partial charge in [-0.05, 0) is 54.5 Å². The second-order valence-corrected chi connectivity index (χ2v) is 9.09. The Morgan fingerprint density at radius 1 is 1.09 bits per heavy atom. The molecule has 0 spiro atoms. The van der Waals surface area contributed by atoms with Gasteiger partial charge in [0.1, 0.15) is 0 Å². The molecule has 2 aromatic carbocycles. The van der Waals surface area contributed by atoms with Crippen LogP contribution in [0.25, 0.3) is 11.1 Å². The fourth-order valence-electron chi connectivity index (χ4n) is 5.18. The lowest BCUT2D eigenvalue weighted by Gasteiger charge is -2.42. The van der Waals surface area contributed by atoms with Crippen molar-refractivity contribution in [1.82, 2.24) is 15.2 Å². The van der Waals surface area contributed by atoms with Crippen LogP contribution in [0.5, 0.6) is 0 Å². The van der Waals surface area contributed by atoms with Gasteiger partial charge in [0.25, 0.3) is 0 Å². The molecule has 166 valence electrons. The molecule has 32 heavy (non-hydrogen) atoms. The molecule has 2 atom stereocenters. The molecule has 4 nitrogen and oxygen atoms in total. The highest BCUT2D eigenvalue weighted by atomic mass is 16.2. The SMILES string of the molecule is CNC(=O)[C@]1(Cc2ccccc2-c2cccnc2)CCCN(C[C@H](C)c2ccccc2)C1. The molecule has 1 N–H and O–H groups in total. The molecule has 0 aliphatic carbocycles. The summed E-state index contributed by atoms with van der Waals surface area (Å²) < 4.78 is 0. The van der Waals surface area contributed by atoms with Crippen LogP contribution >= 0.6 is 0 Å². The molecule has 0 unspecified atom stereocenters. The molecular formula is C28H33N3O. The lowest BCUT2D eigenvalue weighted by molar-refractivity contribution is -0.134. The number of carbonyl (C=O) groups excluding carboxylic acids is 1. The number of aromatic nitrogens is 1. The number of hydrogen-bond acceptors (Lipinski definition) is 3. The van der Waals surface area contributed by atoms with E-state index in [1.165, 1.54) is 16.7 Å². The molecule has 1 amide bonds. The number of hydrogen-bond donors (Lipinski definition) is 1. The lowest BCUT2D eigenvalue weighted by Crippen LogP contribution is -2.53. The van der Waals surface area contributed by atoms with Crippen molar-refractivity contribution in [3.63, 3.8) is 0 Å². The van der Waals surface area contributed by atoms with E-state index in [9.17, 15) is 4.79 Å². The fourth-order valence-corrected chi connectivity index (χ4v) is 5.18. The minimum Gasteiger partial charge on any atom is -0.359 e. The predicted molar refractivity (Wildman–Crippen MR) is 130 cm³/mol. The Labute approximate surface area is 191 Å². The van der Waals surface area contributed by atoms with Crippen molar-refractivity contribution in [3.05, 3.63) is 90.3 Å². The first-order chi connectivity index (χ1) is 15.6. The van der Waals surface area contributed by atoms with E-state index in [2.05, 4.69) is 82.8 Å². The molecule has 4 rings (SSSR count). The molecule has 2 heterocycles. The van der Waals surface area contributed by atoms with Gasteiger partial charge in [0, 0.05) is 38.1 Å². The number of benzene rings is 2. The average molecular weight is 428 g/mol. The molecule has 1 fully saturated rings. The van der Waals surface area contributed by atoms with Crippen LogP contribution in [0.4, 0.5) is 0 Å². The van der Waals surface area contributed by atoms with Crippen LogP contribution in [0.3, 0.4) is 0 Å². The first-order valence-electron chi connectivity index (χ1n) is 11.6. The minimum absolute atomic E-state index is 0.149. The Morgan fingerprint density at radius 3 is 2.62 bits per heavy atom. The van der Waals surface area contributed by atoms with Gasteiger partial charge in [0.05, 0.1) is 5.41 Å². The van der Waals surface area contributed by atoms with Gasteiger partial charge in [0.15, 0.2) is 0 Å². The zero-order chi connectivity index (χ0) is 22.4. The number of rotatable bonds is 7. The summed E-state index contributed by atoms with van der Waals surface area (Å²) in [4.78, 5) is 20.1. The predicted octanol–water partition coefficient (Wildman–Crippen LogP) is 4.92. The van der Waals surface area contributed by atoms with Crippen LogP contribution in [0.15, 0.2) is 79.1 Å². The maximum absolute atomic E-state index is 13.3. The Balaban J connectivity index is 1.59. The highest BCUT2D eigenvalue weighted by Crippen LogP contribution is 2.37. The third-order valence-electron chi connectivity index (χ3n) is 6.78. The number of nitrogens with zero attached hydrogens (tertiary/aromatic N) is 2. The Hall–Kier alpha value is -2.98. The summed E-state index contributed by atoms with van der Waals surface area (Å²) in [6, 6.07) is 23.2. The van der Waals surface area contributed by atoms with E-state index in [1.807, 2.05) is 12.3 Å². The largest absolute Gasteiger partial charge is 0.359 e. The molecule has 3 aromatic rings. The molecule has 1 aliphatic heterocycles. The lowest BCUT2D eigenvalue weighted by atomic mass is 9.73. The van der Waals surface area contributed by atoms with Crippen LogP contribution in [0.1, 0.15) is 36.8 Å². The minimum atomic E-state index is -0.429. The highest BCUT2D eigenvalue weighted by Gasteiger charge is 2.42. The van der Waals surface area contributed by atoms with Gasteiger partial charge in [0.2, 0.25) is 5.91 Å². The van der Waals surface area contributed by atoms with Crippen LogP contribution in [0, 0.1) is 5.41 Å². The Kier molecular flexibility index (Phi) is 7.01. The zero-order valence-electron chi connectivity index (χ0n) is 19.1. The first kappa shape index (κ1) is 22.2. The monoisotopic (exact) mass is 427 g/mol. The van der Waals surface area contributed by atoms with E-state index in [0.717, 1.165) is 44.5 Å². The molecule has 0 radical (unpaired) electrons. The zero-order valence-corrected chi connectivity index (χ0v) is 19.1.